The van der Waals surface area contributed by atoms with Gasteiger partial charge in [-0.15, -0.1) is 0 Å². The quantitative estimate of drug-likeness (QED) is 0.848. The predicted octanol–water partition coefficient (Wildman–Crippen LogP) is 2.28. The lowest BCUT2D eigenvalue weighted by molar-refractivity contribution is 0.181. The molecular formula is C15H18N4O4. The van der Waals surface area contributed by atoms with Crippen LogP contribution in [0.2, 0.25) is 0 Å². The Morgan fingerprint density at radius 1 is 1.00 bits per heavy atom. The first-order valence-electron chi connectivity index (χ1n) is 6.75. The first-order chi connectivity index (χ1) is 11.1. The number of nitrogens with one attached hydrogen (secondary N) is 2. The number of hydrogen-bond acceptors (Lipinski definition) is 6. The smallest absolute Gasteiger partial charge is 0.324 e. The Morgan fingerprint density at radius 3 is 2.30 bits per heavy atom. The van der Waals surface area contributed by atoms with E-state index in [-0.39, 0.29) is 0 Å². The number of hydrogen-bond donors (Lipinski definition) is 2. The number of nitrogens with zero attached hydrogens (tertiary/aromatic N) is 2. The van der Waals surface area contributed by atoms with Crippen LogP contribution < -0.4 is 20.1 Å². The summed E-state index contributed by atoms with van der Waals surface area (Å²) >= 11 is 0. The first kappa shape index (κ1) is 16.5. The molecule has 0 radical (unpaired) electrons. The van der Waals surface area contributed by atoms with Crippen molar-refractivity contribution >= 4 is 17.5 Å². The summed E-state index contributed by atoms with van der Waals surface area (Å²) in [5, 5.41) is 5.32. The summed E-state index contributed by atoms with van der Waals surface area (Å²) in [4.78, 5) is 20.1. The molecule has 0 aliphatic rings. The third-order valence-corrected chi connectivity index (χ3v) is 2.87. The van der Waals surface area contributed by atoms with Gasteiger partial charge in [0.1, 0.15) is 23.6 Å². The molecule has 2 N–H and O–H groups in total. The molecule has 0 aliphatic heterocycles. The van der Waals surface area contributed by atoms with E-state index < -0.39 is 6.03 Å². The van der Waals surface area contributed by atoms with Crippen LogP contribution in [0.3, 0.4) is 0 Å². The van der Waals surface area contributed by atoms with E-state index in [0.717, 1.165) is 0 Å². The largest absolute Gasteiger partial charge is 0.497 e. The molecule has 0 saturated carbocycles. The van der Waals surface area contributed by atoms with Gasteiger partial charge >= 0.3 is 6.03 Å². The number of urea groups is 1. The molecule has 2 rings (SSSR count). The van der Waals surface area contributed by atoms with Crippen molar-refractivity contribution in [3.05, 3.63) is 36.3 Å². The molecule has 2 amide bonds. The van der Waals surface area contributed by atoms with E-state index >= 15 is 0 Å². The minimum absolute atomic E-state index is 0.339. The zero-order chi connectivity index (χ0) is 16.7. The Balaban J connectivity index is 2.06. The summed E-state index contributed by atoms with van der Waals surface area (Å²) in [6.07, 6.45) is 1.36. The van der Waals surface area contributed by atoms with Gasteiger partial charge in [0, 0.05) is 37.1 Å². The molecule has 8 heteroatoms. The van der Waals surface area contributed by atoms with Crippen molar-refractivity contribution in [3.8, 4) is 11.5 Å². The molecule has 1 aromatic carbocycles. The normalized spacial score (nSPS) is 10.0. The van der Waals surface area contributed by atoms with Gasteiger partial charge in [-0.25, -0.2) is 14.8 Å². The van der Waals surface area contributed by atoms with Crippen LogP contribution >= 0.6 is 0 Å². The van der Waals surface area contributed by atoms with Gasteiger partial charge in [-0.3, -0.25) is 5.32 Å². The maximum absolute atomic E-state index is 12.1. The van der Waals surface area contributed by atoms with E-state index in [4.69, 9.17) is 14.2 Å². The van der Waals surface area contributed by atoms with Gasteiger partial charge in [0.05, 0.1) is 26.5 Å². The monoisotopic (exact) mass is 318 g/mol. The van der Waals surface area contributed by atoms with Crippen LogP contribution in [0.1, 0.15) is 5.69 Å². The molecule has 8 nitrogen and oxygen atoms in total. The number of amides is 2. The van der Waals surface area contributed by atoms with E-state index in [0.29, 0.717) is 35.3 Å². The molecule has 1 heterocycles. The van der Waals surface area contributed by atoms with Crippen LogP contribution in [0.25, 0.3) is 0 Å². The van der Waals surface area contributed by atoms with Crippen molar-refractivity contribution in [1.29, 1.82) is 0 Å². The molecule has 0 unspecified atom stereocenters. The Labute approximate surface area is 133 Å². The van der Waals surface area contributed by atoms with Gasteiger partial charge in [0.25, 0.3) is 0 Å². The second-order valence-electron chi connectivity index (χ2n) is 4.51. The molecule has 0 saturated heterocycles. The van der Waals surface area contributed by atoms with E-state index in [1.807, 2.05) is 0 Å². The van der Waals surface area contributed by atoms with E-state index in [1.165, 1.54) is 20.5 Å². The van der Waals surface area contributed by atoms with Crippen LogP contribution in [0.4, 0.5) is 16.3 Å². The zero-order valence-corrected chi connectivity index (χ0v) is 13.1. The van der Waals surface area contributed by atoms with Gasteiger partial charge in [0.2, 0.25) is 0 Å². The number of carbonyl (C=O) groups excluding carboxylic acids is 1. The average molecular weight is 318 g/mol. The fourth-order valence-corrected chi connectivity index (χ4v) is 1.85. The van der Waals surface area contributed by atoms with Crippen molar-refractivity contribution in [2.24, 2.45) is 0 Å². The highest BCUT2D eigenvalue weighted by Crippen LogP contribution is 2.25. The minimum atomic E-state index is -0.442. The molecule has 0 bridgehead atoms. The lowest BCUT2D eigenvalue weighted by atomic mass is 10.3. The fourth-order valence-electron chi connectivity index (χ4n) is 1.85. The zero-order valence-electron chi connectivity index (χ0n) is 13.1. The van der Waals surface area contributed by atoms with Gasteiger partial charge in [-0.2, -0.15) is 0 Å². The fraction of sp³-hybridized carbons (Fsp3) is 0.267. The van der Waals surface area contributed by atoms with Gasteiger partial charge in [-0.05, 0) is 0 Å². The summed E-state index contributed by atoms with van der Waals surface area (Å²) in [6, 6.07) is 6.26. The van der Waals surface area contributed by atoms with Crippen molar-refractivity contribution in [2.75, 3.05) is 32.0 Å². The van der Waals surface area contributed by atoms with Crippen LogP contribution in [0, 0.1) is 0 Å². The summed E-state index contributed by atoms with van der Waals surface area (Å²) in [6.45, 7) is 0.339. The second-order valence-corrected chi connectivity index (χ2v) is 4.51. The summed E-state index contributed by atoms with van der Waals surface area (Å²) in [5.41, 5.74) is 1.20. The van der Waals surface area contributed by atoms with Crippen molar-refractivity contribution < 1.29 is 19.0 Å². The number of benzene rings is 1. The summed E-state index contributed by atoms with van der Waals surface area (Å²) in [7, 11) is 4.64. The van der Waals surface area contributed by atoms with E-state index in [9.17, 15) is 4.79 Å². The van der Waals surface area contributed by atoms with Gasteiger partial charge in [-0.1, -0.05) is 0 Å². The van der Waals surface area contributed by atoms with Crippen molar-refractivity contribution in [2.45, 2.75) is 6.61 Å². The van der Waals surface area contributed by atoms with Crippen LogP contribution in [-0.2, 0) is 11.3 Å². The third-order valence-electron chi connectivity index (χ3n) is 2.87. The topological polar surface area (TPSA) is 94.6 Å². The number of rotatable bonds is 6. The number of ether oxygens (including phenoxy) is 3. The lowest BCUT2D eigenvalue weighted by Gasteiger charge is -2.10. The Kier molecular flexibility index (Phi) is 5.70. The highest BCUT2D eigenvalue weighted by Gasteiger charge is 2.08. The van der Waals surface area contributed by atoms with Crippen LogP contribution in [0.5, 0.6) is 11.5 Å². The standard InChI is InChI=1S/C15H18N4O4/c1-21-8-11-6-14(17-9-16-11)19-15(20)18-10-4-12(22-2)7-13(5-10)23-3/h4-7,9H,8H2,1-3H3,(H2,16,17,18,19,20). The highest BCUT2D eigenvalue weighted by atomic mass is 16.5. The minimum Gasteiger partial charge on any atom is -0.497 e. The molecule has 0 fully saturated rings. The van der Waals surface area contributed by atoms with E-state index in [1.54, 1.807) is 31.4 Å². The van der Waals surface area contributed by atoms with Crippen molar-refractivity contribution in [1.82, 2.24) is 9.97 Å². The molecule has 0 spiro atoms. The third kappa shape index (κ3) is 4.82. The maximum atomic E-state index is 12.1. The molecule has 1 aromatic heterocycles. The maximum Gasteiger partial charge on any atom is 0.324 e. The number of methoxy groups -OCH3 is 3. The Bertz CT molecular complexity index is 656. The predicted molar refractivity (Wildman–Crippen MR) is 84.9 cm³/mol. The second kappa shape index (κ2) is 7.95. The van der Waals surface area contributed by atoms with Gasteiger partial charge < -0.3 is 19.5 Å². The molecule has 0 aliphatic carbocycles. The molecule has 0 atom stereocenters. The van der Waals surface area contributed by atoms with Gasteiger partial charge in [0.15, 0.2) is 0 Å². The summed E-state index contributed by atoms with van der Waals surface area (Å²) in [5.74, 6) is 1.52. The molecule has 23 heavy (non-hydrogen) atoms. The summed E-state index contributed by atoms with van der Waals surface area (Å²) < 4.78 is 15.3. The van der Waals surface area contributed by atoms with Crippen LogP contribution in [0.15, 0.2) is 30.6 Å². The molecule has 122 valence electrons. The SMILES string of the molecule is COCc1cc(NC(=O)Nc2cc(OC)cc(OC)c2)ncn1. The number of carbonyl (C=O) groups is 1. The first-order valence-corrected chi connectivity index (χ1v) is 6.75. The van der Waals surface area contributed by atoms with Crippen LogP contribution in [-0.4, -0.2) is 37.3 Å². The molecular weight excluding hydrogens is 300 g/mol. The molecule has 2 aromatic rings. The Hall–Kier alpha value is -2.87. The number of anilines is 2. The number of aromatic nitrogens is 2. The lowest BCUT2D eigenvalue weighted by Crippen LogP contribution is -2.20. The van der Waals surface area contributed by atoms with E-state index in [2.05, 4.69) is 20.6 Å². The highest BCUT2D eigenvalue weighted by molar-refractivity contribution is 5.99. The van der Waals surface area contributed by atoms with Crippen molar-refractivity contribution in [3.63, 3.8) is 0 Å². The Morgan fingerprint density at radius 2 is 1.70 bits per heavy atom. The average Bonchev–Trinajstić information content (AvgIpc) is 2.55.